The molecule has 1 heterocycles. The summed E-state index contributed by atoms with van der Waals surface area (Å²) in [6.07, 6.45) is 0.824. The Morgan fingerprint density at radius 1 is 1.28 bits per heavy atom. The number of hydrogen-bond acceptors (Lipinski definition) is 5. The van der Waals surface area contributed by atoms with E-state index in [1.54, 1.807) is 0 Å². The Morgan fingerprint density at radius 2 is 2.00 bits per heavy atom. The van der Waals surface area contributed by atoms with Crippen molar-refractivity contribution in [2.45, 2.75) is 57.8 Å². The van der Waals surface area contributed by atoms with Crippen LogP contribution in [0.25, 0.3) is 10.4 Å². The van der Waals surface area contributed by atoms with Crippen LogP contribution in [-0.2, 0) is 19.1 Å². The zero-order chi connectivity index (χ0) is 18.8. The van der Waals surface area contributed by atoms with Gasteiger partial charge in [0.1, 0.15) is 6.04 Å². The molecule has 0 radical (unpaired) electrons. The van der Waals surface area contributed by atoms with E-state index in [1.807, 2.05) is 13.8 Å². The number of carboxylic acids is 1. The summed E-state index contributed by atoms with van der Waals surface area (Å²) < 4.78 is 4.80. The molecule has 0 spiro atoms. The Labute approximate surface area is 145 Å². The monoisotopic (exact) mass is 355 g/mol. The Morgan fingerprint density at radius 3 is 2.56 bits per heavy atom. The normalized spacial score (nSPS) is 20.7. The van der Waals surface area contributed by atoms with Gasteiger partial charge in [0.25, 0.3) is 5.91 Å². The third kappa shape index (κ3) is 6.98. The van der Waals surface area contributed by atoms with Crippen LogP contribution < -0.4 is 10.6 Å². The van der Waals surface area contributed by atoms with Gasteiger partial charge in [-0.3, -0.25) is 9.59 Å². The topological polar surface area (TPSA) is 157 Å². The molecule has 1 aliphatic rings. The number of carboxylic acid groups (broad SMARTS) is 1. The second-order valence-electron chi connectivity index (χ2n) is 5.99. The van der Waals surface area contributed by atoms with E-state index >= 15 is 0 Å². The van der Waals surface area contributed by atoms with Gasteiger partial charge in [-0.1, -0.05) is 31.8 Å². The number of azide groups is 1. The Balaban J connectivity index is 2.41. The minimum atomic E-state index is -1.19. The van der Waals surface area contributed by atoms with E-state index in [4.69, 9.17) is 15.4 Å². The van der Waals surface area contributed by atoms with Crippen molar-refractivity contribution < 1.29 is 24.2 Å². The summed E-state index contributed by atoms with van der Waals surface area (Å²) in [6, 6.07) is -0.737. The van der Waals surface area contributed by atoms with E-state index in [0.29, 0.717) is 19.5 Å². The molecule has 0 unspecified atom stereocenters. The molecule has 1 fully saturated rings. The van der Waals surface area contributed by atoms with Crippen LogP contribution in [0.5, 0.6) is 0 Å². The number of nitrogens with zero attached hydrogens (tertiary/aromatic N) is 3. The highest BCUT2D eigenvalue weighted by Crippen LogP contribution is 2.23. The molecule has 0 aromatic rings. The van der Waals surface area contributed by atoms with Crippen molar-refractivity contribution in [1.82, 2.24) is 10.6 Å². The maximum Gasteiger partial charge on any atom is 0.336 e. The van der Waals surface area contributed by atoms with Crippen LogP contribution in [0, 0.1) is 5.92 Å². The largest absolute Gasteiger partial charge is 0.479 e. The molecule has 3 N–H and O–H groups in total. The predicted octanol–water partition coefficient (Wildman–Crippen LogP) is 0.966. The van der Waals surface area contributed by atoms with Crippen molar-refractivity contribution in [2.24, 2.45) is 11.0 Å². The van der Waals surface area contributed by atoms with Gasteiger partial charge in [0, 0.05) is 18.0 Å². The Bertz CT molecular complexity index is 534. The first-order valence-corrected chi connectivity index (χ1v) is 8.39. The van der Waals surface area contributed by atoms with E-state index in [-0.39, 0.29) is 11.8 Å². The molecule has 25 heavy (non-hydrogen) atoms. The van der Waals surface area contributed by atoms with Gasteiger partial charge >= 0.3 is 5.97 Å². The number of aliphatic carboxylic acids is 1. The van der Waals surface area contributed by atoms with Crippen LogP contribution in [0.2, 0.25) is 0 Å². The van der Waals surface area contributed by atoms with Crippen molar-refractivity contribution >= 4 is 17.8 Å². The molecular weight excluding hydrogens is 330 g/mol. The lowest BCUT2D eigenvalue weighted by Gasteiger charge is -2.23. The molecule has 0 bridgehead atoms. The van der Waals surface area contributed by atoms with E-state index in [0.717, 1.165) is 19.3 Å². The number of ether oxygens (including phenoxy) is 1. The van der Waals surface area contributed by atoms with Gasteiger partial charge in [-0.2, -0.15) is 0 Å². The minimum absolute atomic E-state index is 0.101. The van der Waals surface area contributed by atoms with Gasteiger partial charge in [-0.25, -0.2) is 4.79 Å². The van der Waals surface area contributed by atoms with Crippen LogP contribution >= 0.6 is 0 Å². The molecule has 140 valence electrons. The first kappa shape index (κ1) is 20.7. The lowest BCUT2D eigenvalue weighted by molar-refractivity contribution is -0.138. The fraction of sp³-hybridized carbons (Fsp3) is 0.800. The molecule has 0 saturated carbocycles. The minimum Gasteiger partial charge on any atom is -0.479 e. The predicted molar refractivity (Wildman–Crippen MR) is 88.6 cm³/mol. The van der Waals surface area contributed by atoms with E-state index in [1.165, 1.54) is 0 Å². The zero-order valence-corrected chi connectivity index (χ0v) is 14.5. The molecule has 1 rings (SSSR count). The van der Waals surface area contributed by atoms with Gasteiger partial charge in [-0.15, -0.1) is 0 Å². The average molecular weight is 355 g/mol. The fourth-order valence-corrected chi connectivity index (χ4v) is 2.29. The van der Waals surface area contributed by atoms with E-state index in [9.17, 15) is 14.4 Å². The maximum absolute atomic E-state index is 12.3. The molecule has 4 atom stereocenters. The Hall–Kier alpha value is -2.32. The second kappa shape index (κ2) is 10.5. The third-order valence-electron chi connectivity index (χ3n) is 4.08. The van der Waals surface area contributed by atoms with Gasteiger partial charge in [0.15, 0.2) is 12.2 Å². The van der Waals surface area contributed by atoms with Crippen molar-refractivity contribution in [2.75, 3.05) is 13.1 Å². The highest BCUT2D eigenvalue weighted by Gasteiger charge is 2.51. The van der Waals surface area contributed by atoms with Crippen molar-refractivity contribution in [1.29, 1.82) is 0 Å². The van der Waals surface area contributed by atoms with Gasteiger partial charge in [-0.05, 0) is 24.3 Å². The highest BCUT2D eigenvalue weighted by atomic mass is 16.6. The molecule has 10 heteroatoms. The van der Waals surface area contributed by atoms with Crippen LogP contribution in [0.4, 0.5) is 0 Å². The molecular formula is C15H25N5O5. The fourth-order valence-electron chi connectivity index (χ4n) is 2.29. The van der Waals surface area contributed by atoms with Crippen LogP contribution in [0.3, 0.4) is 0 Å². The van der Waals surface area contributed by atoms with Crippen molar-refractivity contribution in [3.63, 3.8) is 0 Å². The number of carbonyl (C=O) groups excluding carboxylic acids is 2. The standard InChI is InChI=1S/C15H25N5O5/c1-3-9(2)10(19-14(22)11-12(25-11)15(23)24)13(21)17-7-5-4-6-8-18-20-16/h9-12H,3-8H2,1-2H3,(H,17,21)(H,19,22)(H,23,24)/t9-,10-,11-,12-/m0/s1. The lowest BCUT2D eigenvalue weighted by Crippen LogP contribution is -2.51. The summed E-state index contributed by atoms with van der Waals surface area (Å²) in [5.41, 5.74) is 8.17. The van der Waals surface area contributed by atoms with E-state index in [2.05, 4.69) is 20.7 Å². The average Bonchev–Trinajstić information content (AvgIpc) is 3.39. The van der Waals surface area contributed by atoms with Gasteiger partial charge < -0.3 is 20.5 Å². The zero-order valence-electron chi connectivity index (χ0n) is 14.5. The summed E-state index contributed by atoms with van der Waals surface area (Å²) in [5.74, 6) is -2.17. The number of unbranched alkanes of at least 4 members (excludes halogenated alkanes) is 2. The van der Waals surface area contributed by atoms with Gasteiger partial charge in [0.2, 0.25) is 5.91 Å². The maximum atomic E-state index is 12.3. The quantitative estimate of drug-likeness (QED) is 0.156. The molecule has 0 aromatic heterocycles. The smallest absolute Gasteiger partial charge is 0.336 e. The lowest BCUT2D eigenvalue weighted by atomic mass is 9.98. The summed E-state index contributed by atoms with van der Waals surface area (Å²) in [4.78, 5) is 37.7. The molecule has 1 saturated heterocycles. The highest BCUT2D eigenvalue weighted by molar-refractivity contribution is 5.95. The molecule has 10 nitrogen and oxygen atoms in total. The molecule has 0 aliphatic carbocycles. The molecule has 1 aliphatic heterocycles. The number of amides is 2. The van der Waals surface area contributed by atoms with Crippen molar-refractivity contribution in [3.8, 4) is 0 Å². The summed E-state index contributed by atoms with van der Waals surface area (Å²) >= 11 is 0. The summed E-state index contributed by atoms with van der Waals surface area (Å²) in [6.45, 7) is 4.63. The SMILES string of the molecule is CC[C@H](C)[C@H](NC(=O)[C@H]1O[C@@H]1C(=O)O)C(=O)NCCCCCN=[N+]=[N-]. The first-order chi connectivity index (χ1) is 11.9. The van der Waals surface area contributed by atoms with Crippen molar-refractivity contribution in [3.05, 3.63) is 10.4 Å². The number of rotatable bonds is 12. The number of epoxide rings is 1. The number of carbonyl (C=O) groups is 3. The summed E-state index contributed by atoms with van der Waals surface area (Å²) in [5, 5.41) is 17.6. The molecule has 0 aromatic carbocycles. The van der Waals surface area contributed by atoms with Crippen LogP contribution in [0.1, 0.15) is 39.5 Å². The number of hydrogen-bond donors (Lipinski definition) is 3. The summed E-state index contributed by atoms with van der Waals surface area (Å²) in [7, 11) is 0. The Kier molecular flexibility index (Phi) is 8.73. The first-order valence-electron chi connectivity index (χ1n) is 8.39. The van der Waals surface area contributed by atoms with E-state index < -0.39 is 30.1 Å². The molecule has 2 amide bonds. The number of nitrogens with one attached hydrogen (secondary N) is 2. The third-order valence-corrected chi connectivity index (χ3v) is 4.08. The van der Waals surface area contributed by atoms with Gasteiger partial charge in [0.05, 0.1) is 0 Å². The van der Waals surface area contributed by atoms with Crippen LogP contribution in [-0.4, -0.2) is 54.2 Å². The van der Waals surface area contributed by atoms with Crippen LogP contribution in [0.15, 0.2) is 5.11 Å². The second-order valence-corrected chi connectivity index (χ2v) is 5.99.